The van der Waals surface area contributed by atoms with Crippen LogP contribution in [0.25, 0.3) is 11.4 Å². The van der Waals surface area contributed by atoms with Gasteiger partial charge in [-0.15, -0.1) is 0 Å². The van der Waals surface area contributed by atoms with E-state index in [0.29, 0.717) is 23.5 Å². The Hall–Kier alpha value is -3.27. The first-order chi connectivity index (χ1) is 13.7. The number of aromatic nitrogens is 3. The van der Waals surface area contributed by atoms with Gasteiger partial charge in [-0.05, 0) is 31.0 Å². The fraction of sp³-hybridized carbons (Fsp3) is 0.421. The van der Waals surface area contributed by atoms with Crippen LogP contribution in [0, 0.1) is 5.92 Å². The molecule has 29 heavy (non-hydrogen) atoms. The lowest BCUT2D eigenvalue weighted by Crippen LogP contribution is -2.44. The number of rotatable bonds is 1. The van der Waals surface area contributed by atoms with Crippen LogP contribution in [-0.2, 0) is 16.1 Å². The van der Waals surface area contributed by atoms with E-state index in [9.17, 15) is 4.79 Å². The lowest BCUT2D eigenvalue weighted by atomic mass is 9.84. The van der Waals surface area contributed by atoms with Crippen molar-refractivity contribution in [2.75, 3.05) is 18.8 Å². The number of pyridine rings is 1. The molecule has 2 aliphatic rings. The second kappa shape index (κ2) is 9.78. The van der Waals surface area contributed by atoms with Crippen molar-refractivity contribution in [3.63, 3.8) is 0 Å². The predicted octanol–water partition coefficient (Wildman–Crippen LogP) is 0.776. The minimum Gasteiger partial charge on any atom is -0.481 e. The van der Waals surface area contributed by atoms with E-state index in [0.717, 1.165) is 51.2 Å². The Morgan fingerprint density at radius 2 is 1.86 bits per heavy atom. The van der Waals surface area contributed by atoms with E-state index >= 15 is 0 Å². The first-order valence-electron chi connectivity index (χ1n) is 9.10. The first-order valence-corrected chi connectivity index (χ1v) is 9.10. The fourth-order valence-corrected chi connectivity index (χ4v) is 3.44. The number of nitrogen functional groups attached to an aromatic ring is 1. The van der Waals surface area contributed by atoms with Crippen molar-refractivity contribution in [2.45, 2.75) is 32.7 Å². The predicted molar refractivity (Wildman–Crippen MR) is 106 cm³/mol. The van der Waals surface area contributed by atoms with Gasteiger partial charge in [-0.1, -0.05) is 0 Å². The van der Waals surface area contributed by atoms with E-state index in [1.54, 1.807) is 18.3 Å². The summed E-state index contributed by atoms with van der Waals surface area (Å²) in [5.74, 6) is 0.216. The minimum atomic E-state index is -0.833. The molecule has 0 aliphatic carbocycles. The van der Waals surface area contributed by atoms with Crippen LogP contribution in [0.3, 0.4) is 0 Å². The number of nitrogens with zero attached hydrogens (tertiary/aromatic N) is 3. The molecule has 10 heteroatoms. The maximum absolute atomic E-state index is 12.4. The molecule has 4 heterocycles. The quantitative estimate of drug-likeness (QED) is 0.539. The normalized spacial score (nSPS) is 18.8. The number of anilines is 1. The van der Waals surface area contributed by atoms with Crippen LogP contribution in [0.15, 0.2) is 29.2 Å². The standard InChI is InChI=1S/C15H17N5O.2C2H4O2/c16-13-1-2-18-15(19-13)10-4-12-11-3-9(6-17-7-11)8-20(12)14(21)5-10;2*1-2(3)4/h1-2,4-5,9,11,17H,3,6-8H2,(H2,16,18,19);2*1H3,(H,3,4)/t9-,11+;;/m0../s1. The van der Waals surface area contributed by atoms with Gasteiger partial charge >= 0.3 is 0 Å². The highest BCUT2D eigenvalue weighted by atomic mass is 16.4. The Kier molecular flexibility index (Phi) is 7.43. The van der Waals surface area contributed by atoms with Crippen molar-refractivity contribution in [3.05, 3.63) is 40.4 Å². The second-order valence-electron chi connectivity index (χ2n) is 6.92. The highest BCUT2D eigenvalue weighted by Crippen LogP contribution is 2.33. The molecule has 5 N–H and O–H groups in total. The summed E-state index contributed by atoms with van der Waals surface area (Å²) < 4.78 is 1.91. The van der Waals surface area contributed by atoms with E-state index in [1.807, 2.05) is 10.6 Å². The molecule has 2 atom stereocenters. The van der Waals surface area contributed by atoms with E-state index in [-0.39, 0.29) is 5.56 Å². The van der Waals surface area contributed by atoms with Gasteiger partial charge in [-0.3, -0.25) is 14.4 Å². The zero-order valence-electron chi connectivity index (χ0n) is 16.3. The Morgan fingerprint density at radius 1 is 1.21 bits per heavy atom. The Morgan fingerprint density at radius 3 is 2.48 bits per heavy atom. The van der Waals surface area contributed by atoms with Gasteiger partial charge in [-0.25, -0.2) is 9.97 Å². The molecule has 2 aromatic rings. The summed E-state index contributed by atoms with van der Waals surface area (Å²) in [6.07, 6.45) is 2.76. The first kappa shape index (κ1) is 22.0. The minimum absolute atomic E-state index is 0.0325. The van der Waals surface area contributed by atoms with Crippen molar-refractivity contribution >= 4 is 17.8 Å². The molecule has 4 rings (SSSR count). The summed E-state index contributed by atoms with van der Waals surface area (Å²) in [6.45, 7) is 4.90. The SMILES string of the molecule is CC(=O)O.CC(=O)O.Nc1ccnc(-c2cc3n(c(=O)c2)C[C@@H]2CNC[C@H]3C2)n1. The summed E-state index contributed by atoms with van der Waals surface area (Å²) >= 11 is 0. The highest BCUT2D eigenvalue weighted by molar-refractivity contribution is 5.63. The van der Waals surface area contributed by atoms with Crippen LogP contribution in [0.1, 0.15) is 31.9 Å². The molecular formula is C19H25N5O5. The van der Waals surface area contributed by atoms with Gasteiger partial charge in [0, 0.05) is 56.4 Å². The van der Waals surface area contributed by atoms with Gasteiger partial charge in [0.2, 0.25) is 0 Å². The third-order valence-electron chi connectivity index (χ3n) is 4.40. The summed E-state index contributed by atoms with van der Waals surface area (Å²) in [4.78, 5) is 38.9. The molecular weight excluding hydrogens is 378 g/mol. The van der Waals surface area contributed by atoms with Gasteiger partial charge < -0.3 is 25.8 Å². The molecule has 0 unspecified atom stereocenters. The summed E-state index contributed by atoms with van der Waals surface area (Å²) in [6, 6.07) is 5.31. The van der Waals surface area contributed by atoms with E-state index < -0.39 is 11.9 Å². The highest BCUT2D eigenvalue weighted by Gasteiger charge is 2.31. The number of hydrogen-bond donors (Lipinski definition) is 4. The molecule has 0 radical (unpaired) electrons. The van der Waals surface area contributed by atoms with Crippen molar-refractivity contribution in [2.24, 2.45) is 5.92 Å². The lowest BCUT2D eigenvalue weighted by Gasteiger charge is -2.37. The number of hydrogen-bond acceptors (Lipinski definition) is 7. The van der Waals surface area contributed by atoms with Gasteiger partial charge in [0.25, 0.3) is 17.5 Å². The van der Waals surface area contributed by atoms with Gasteiger partial charge in [0.05, 0.1) is 0 Å². The smallest absolute Gasteiger partial charge is 0.300 e. The largest absolute Gasteiger partial charge is 0.481 e. The summed E-state index contributed by atoms with van der Waals surface area (Å²) in [5, 5.41) is 18.3. The molecule has 2 aliphatic heterocycles. The third-order valence-corrected chi connectivity index (χ3v) is 4.40. The maximum Gasteiger partial charge on any atom is 0.300 e. The molecule has 2 aromatic heterocycles. The number of carboxylic acids is 2. The molecule has 0 saturated carbocycles. The van der Waals surface area contributed by atoms with Gasteiger partial charge in [-0.2, -0.15) is 0 Å². The summed E-state index contributed by atoms with van der Waals surface area (Å²) in [5.41, 5.74) is 7.58. The van der Waals surface area contributed by atoms with Crippen molar-refractivity contribution < 1.29 is 19.8 Å². The van der Waals surface area contributed by atoms with Crippen LogP contribution < -0.4 is 16.6 Å². The van der Waals surface area contributed by atoms with E-state index in [4.69, 9.17) is 25.5 Å². The molecule has 1 fully saturated rings. The number of piperidine rings is 1. The molecule has 0 aromatic carbocycles. The average Bonchev–Trinajstić information content (AvgIpc) is 2.62. The Balaban J connectivity index is 0.000000324. The zero-order chi connectivity index (χ0) is 21.6. The van der Waals surface area contributed by atoms with Crippen molar-refractivity contribution in [1.29, 1.82) is 0 Å². The van der Waals surface area contributed by atoms with Crippen LogP contribution in [0.2, 0.25) is 0 Å². The Labute approximate surface area is 167 Å². The van der Waals surface area contributed by atoms with Gasteiger partial charge in [0.1, 0.15) is 5.82 Å². The number of carbonyl (C=O) groups is 2. The molecule has 1 saturated heterocycles. The molecule has 10 nitrogen and oxygen atoms in total. The van der Waals surface area contributed by atoms with Crippen LogP contribution in [-0.4, -0.2) is 49.8 Å². The number of nitrogens with two attached hydrogens (primary N) is 1. The maximum atomic E-state index is 12.4. The number of aliphatic carboxylic acids is 2. The van der Waals surface area contributed by atoms with Crippen molar-refractivity contribution in [1.82, 2.24) is 19.9 Å². The average molecular weight is 403 g/mol. The van der Waals surface area contributed by atoms with Crippen molar-refractivity contribution in [3.8, 4) is 11.4 Å². The zero-order valence-corrected chi connectivity index (χ0v) is 16.3. The van der Waals surface area contributed by atoms with Crippen LogP contribution >= 0.6 is 0 Å². The molecule has 2 bridgehead atoms. The van der Waals surface area contributed by atoms with Crippen LogP contribution in [0.4, 0.5) is 5.82 Å². The third kappa shape index (κ3) is 6.39. The Bertz CT molecular complexity index is 923. The summed E-state index contributed by atoms with van der Waals surface area (Å²) in [7, 11) is 0. The molecule has 156 valence electrons. The number of nitrogens with one attached hydrogen (secondary N) is 1. The molecule has 0 spiro atoms. The van der Waals surface area contributed by atoms with E-state index in [1.165, 1.54) is 0 Å². The topological polar surface area (TPSA) is 160 Å². The van der Waals surface area contributed by atoms with Crippen LogP contribution in [0.5, 0.6) is 0 Å². The molecule has 0 amide bonds. The number of fused-ring (bicyclic) bond motifs is 4. The lowest BCUT2D eigenvalue weighted by molar-refractivity contribution is -0.135. The fourth-order valence-electron chi connectivity index (χ4n) is 3.44. The number of carboxylic acid groups (broad SMARTS) is 2. The van der Waals surface area contributed by atoms with Gasteiger partial charge in [0.15, 0.2) is 5.82 Å². The monoisotopic (exact) mass is 403 g/mol. The second-order valence-corrected chi connectivity index (χ2v) is 6.92. The van der Waals surface area contributed by atoms with E-state index in [2.05, 4.69) is 15.3 Å².